The van der Waals surface area contributed by atoms with Gasteiger partial charge in [-0.1, -0.05) is 12.1 Å². The molecule has 0 aliphatic rings. The van der Waals surface area contributed by atoms with Gasteiger partial charge >= 0.3 is 0 Å². The predicted octanol–water partition coefficient (Wildman–Crippen LogP) is 2.22. The lowest BCUT2D eigenvalue weighted by Crippen LogP contribution is -2.36. The summed E-state index contributed by atoms with van der Waals surface area (Å²) in [7, 11) is 1.94. The lowest BCUT2D eigenvalue weighted by atomic mass is 10.4. The second-order valence-corrected chi connectivity index (χ2v) is 5.52. The van der Waals surface area contributed by atoms with Gasteiger partial charge in [0.25, 0.3) is 0 Å². The highest BCUT2D eigenvalue weighted by molar-refractivity contribution is 14.0. The van der Waals surface area contributed by atoms with Crippen LogP contribution in [0.25, 0.3) is 0 Å². The first-order chi connectivity index (χ1) is 10.2. The summed E-state index contributed by atoms with van der Waals surface area (Å²) in [5.74, 6) is 2.46. The molecule has 2 aromatic heterocycles. The Hall–Kier alpha value is -1.42. The number of aromatic nitrogens is 3. The minimum absolute atomic E-state index is 0. The first-order valence-corrected chi connectivity index (χ1v) is 7.59. The van der Waals surface area contributed by atoms with Crippen LogP contribution in [0, 0.1) is 6.92 Å². The number of nitrogens with zero attached hydrogens (tertiary/aromatic N) is 4. The zero-order valence-corrected chi connectivity index (χ0v) is 15.9. The third-order valence-corrected chi connectivity index (χ3v) is 3.86. The highest BCUT2D eigenvalue weighted by atomic mass is 127. The zero-order valence-electron chi connectivity index (χ0n) is 12.7. The van der Waals surface area contributed by atoms with E-state index in [1.807, 2.05) is 24.6 Å². The van der Waals surface area contributed by atoms with Crippen molar-refractivity contribution in [3.05, 3.63) is 46.7 Å². The molecule has 0 aromatic carbocycles. The van der Waals surface area contributed by atoms with Crippen LogP contribution in [-0.2, 0) is 20.1 Å². The molecule has 0 unspecified atom stereocenters. The second-order valence-electron chi connectivity index (χ2n) is 4.49. The van der Waals surface area contributed by atoms with Crippen LogP contribution in [0.1, 0.15) is 16.5 Å². The third kappa shape index (κ3) is 5.41. The van der Waals surface area contributed by atoms with Crippen molar-refractivity contribution in [2.75, 3.05) is 6.54 Å². The summed E-state index contributed by atoms with van der Waals surface area (Å²) >= 11 is 1.72. The normalized spacial score (nSPS) is 10.9. The molecule has 0 atom stereocenters. The summed E-state index contributed by atoms with van der Waals surface area (Å²) in [6.45, 7) is 7.52. The molecule has 2 aromatic rings. The van der Waals surface area contributed by atoms with Gasteiger partial charge in [0.1, 0.15) is 12.4 Å². The number of aryl methyl sites for hydroxylation is 1. The molecule has 6 nitrogen and oxygen atoms in total. The van der Waals surface area contributed by atoms with Crippen molar-refractivity contribution in [3.63, 3.8) is 0 Å². The van der Waals surface area contributed by atoms with Gasteiger partial charge in [-0.15, -0.1) is 52.1 Å². The second kappa shape index (κ2) is 9.57. The standard InChI is InChI=1S/C14H20N6S.HI/c1-4-7-15-14(16-9-12-6-5-8-21-12)17-10-13-19-18-11(2)20(13)3;/h4-6,8H,1,7,9-10H2,2-3H3,(H2,15,16,17);1H. The highest BCUT2D eigenvalue weighted by Gasteiger charge is 2.05. The van der Waals surface area contributed by atoms with Gasteiger partial charge in [-0.05, 0) is 18.4 Å². The van der Waals surface area contributed by atoms with Crippen LogP contribution >= 0.6 is 35.3 Å². The molecule has 0 saturated heterocycles. The van der Waals surface area contributed by atoms with Gasteiger partial charge in [0.2, 0.25) is 0 Å². The molecule has 0 aliphatic heterocycles. The summed E-state index contributed by atoms with van der Waals surface area (Å²) in [5, 5.41) is 16.7. The number of hydrogen-bond acceptors (Lipinski definition) is 4. The molecule has 0 aliphatic carbocycles. The number of thiophene rings is 1. The molecular weight excluding hydrogens is 411 g/mol. The van der Waals surface area contributed by atoms with Crippen molar-refractivity contribution in [2.24, 2.45) is 12.0 Å². The van der Waals surface area contributed by atoms with E-state index in [2.05, 4.69) is 43.8 Å². The molecule has 2 heterocycles. The molecule has 2 rings (SSSR count). The minimum atomic E-state index is 0. The smallest absolute Gasteiger partial charge is 0.192 e. The molecule has 22 heavy (non-hydrogen) atoms. The Morgan fingerprint density at radius 1 is 1.45 bits per heavy atom. The summed E-state index contributed by atoms with van der Waals surface area (Å²) in [6, 6.07) is 4.13. The van der Waals surface area contributed by atoms with E-state index in [0.717, 1.165) is 24.2 Å². The maximum absolute atomic E-state index is 4.53. The van der Waals surface area contributed by atoms with E-state index in [1.165, 1.54) is 4.88 Å². The van der Waals surface area contributed by atoms with E-state index in [9.17, 15) is 0 Å². The fourth-order valence-electron chi connectivity index (χ4n) is 1.67. The fraction of sp³-hybridized carbons (Fsp3) is 0.357. The Labute approximate surface area is 151 Å². The van der Waals surface area contributed by atoms with Crippen LogP contribution in [0.2, 0.25) is 0 Å². The quantitative estimate of drug-likeness (QED) is 0.318. The Bertz CT molecular complexity index is 605. The number of hydrogen-bond donors (Lipinski definition) is 2. The van der Waals surface area contributed by atoms with Crippen molar-refractivity contribution in [1.29, 1.82) is 0 Å². The van der Waals surface area contributed by atoms with Gasteiger partial charge in [-0.3, -0.25) is 0 Å². The Morgan fingerprint density at radius 3 is 2.86 bits per heavy atom. The van der Waals surface area contributed by atoms with Crippen molar-refractivity contribution >= 4 is 41.3 Å². The Balaban J connectivity index is 0.00000242. The first kappa shape index (κ1) is 18.6. The van der Waals surface area contributed by atoms with Gasteiger partial charge in [-0.25, -0.2) is 4.99 Å². The van der Waals surface area contributed by atoms with Crippen molar-refractivity contribution in [3.8, 4) is 0 Å². The van der Waals surface area contributed by atoms with E-state index in [1.54, 1.807) is 17.4 Å². The Morgan fingerprint density at radius 2 is 2.27 bits per heavy atom. The SMILES string of the molecule is C=CCNC(=NCc1nnc(C)n1C)NCc1cccs1.I. The first-order valence-electron chi connectivity index (χ1n) is 6.71. The maximum Gasteiger partial charge on any atom is 0.192 e. The summed E-state index contributed by atoms with van der Waals surface area (Å²) in [4.78, 5) is 5.79. The lowest BCUT2D eigenvalue weighted by molar-refractivity contribution is 0.760. The van der Waals surface area contributed by atoms with Crippen molar-refractivity contribution in [2.45, 2.75) is 20.0 Å². The van der Waals surface area contributed by atoms with E-state index in [4.69, 9.17) is 0 Å². The van der Waals surface area contributed by atoms with Crippen LogP contribution in [0.3, 0.4) is 0 Å². The van der Waals surface area contributed by atoms with E-state index in [0.29, 0.717) is 13.1 Å². The average molecular weight is 432 g/mol. The summed E-state index contributed by atoms with van der Waals surface area (Å²) < 4.78 is 1.94. The molecule has 0 bridgehead atoms. The molecule has 0 amide bonds. The van der Waals surface area contributed by atoms with E-state index in [-0.39, 0.29) is 24.0 Å². The molecular formula is C14H21IN6S. The largest absolute Gasteiger partial charge is 0.353 e. The van der Waals surface area contributed by atoms with Gasteiger partial charge in [0.05, 0.1) is 6.54 Å². The number of nitrogens with one attached hydrogen (secondary N) is 2. The molecule has 8 heteroatoms. The fourth-order valence-corrected chi connectivity index (χ4v) is 2.31. The van der Waals surface area contributed by atoms with Crippen LogP contribution in [0.15, 0.2) is 35.2 Å². The van der Waals surface area contributed by atoms with E-state index >= 15 is 0 Å². The van der Waals surface area contributed by atoms with Gasteiger partial charge in [-0.2, -0.15) is 0 Å². The summed E-state index contributed by atoms with van der Waals surface area (Å²) in [5.41, 5.74) is 0. The summed E-state index contributed by atoms with van der Waals surface area (Å²) in [6.07, 6.45) is 1.80. The zero-order chi connectivity index (χ0) is 15.1. The lowest BCUT2D eigenvalue weighted by Gasteiger charge is -2.10. The van der Waals surface area contributed by atoms with Crippen LogP contribution in [0.5, 0.6) is 0 Å². The highest BCUT2D eigenvalue weighted by Crippen LogP contribution is 2.07. The number of halogens is 1. The Kier molecular flexibility index (Phi) is 8.10. The van der Waals surface area contributed by atoms with E-state index < -0.39 is 0 Å². The monoisotopic (exact) mass is 432 g/mol. The molecule has 120 valence electrons. The van der Waals surface area contributed by atoms with Crippen molar-refractivity contribution < 1.29 is 0 Å². The van der Waals surface area contributed by atoms with Crippen LogP contribution < -0.4 is 10.6 Å². The number of aliphatic imine (C=N–C) groups is 1. The molecule has 0 fully saturated rings. The number of rotatable bonds is 6. The average Bonchev–Trinajstić information content (AvgIpc) is 3.11. The van der Waals surface area contributed by atoms with Gasteiger partial charge < -0.3 is 15.2 Å². The van der Waals surface area contributed by atoms with Crippen LogP contribution in [-0.4, -0.2) is 27.3 Å². The molecule has 0 spiro atoms. The van der Waals surface area contributed by atoms with Crippen LogP contribution in [0.4, 0.5) is 0 Å². The minimum Gasteiger partial charge on any atom is -0.353 e. The predicted molar refractivity (Wildman–Crippen MR) is 102 cm³/mol. The topological polar surface area (TPSA) is 67.1 Å². The molecule has 0 radical (unpaired) electrons. The molecule has 2 N–H and O–H groups in total. The molecule has 0 saturated carbocycles. The number of guanidine groups is 1. The maximum atomic E-state index is 4.53. The third-order valence-electron chi connectivity index (χ3n) is 2.99. The van der Waals surface area contributed by atoms with Gasteiger partial charge in [0, 0.05) is 18.5 Å². The van der Waals surface area contributed by atoms with Crippen molar-refractivity contribution in [1.82, 2.24) is 25.4 Å². The van der Waals surface area contributed by atoms with Gasteiger partial charge in [0.15, 0.2) is 11.8 Å².